The number of rotatable bonds is 1. The van der Waals surface area contributed by atoms with Gasteiger partial charge >= 0.3 is 0 Å². The van der Waals surface area contributed by atoms with E-state index in [1.807, 2.05) is 0 Å². The highest BCUT2D eigenvalue weighted by atomic mass is 14.8. The summed E-state index contributed by atoms with van der Waals surface area (Å²) in [6.45, 7) is 4.36. The van der Waals surface area contributed by atoms with Crippen molar-refractivity contribution in [1.82, 2.24) is 0 Å². The summed E-state index contributed by atoms with van der Waals surface area (Å²) in [6.07, 6.45) is 1.78. The Morgan fingerprint density at radius 2 is 2.10 bits per heavy atom. The second kappa shape index (κ2) is 2.25. The van der Waals surface area contributed by atoms with E-state index in [0.717, 1.165) is 12.8 Å². The summed E-state index contributed by atoms with van der Waals surface area (Å²) in [6, 6.07) is 2.14. The lowest BCUT2D eigenvalue weighted by Gasteiger charge is -2.41. The van der Waals surface area contributed by atoms with E-state index in [1.54, 1.807) is 0 Å². The molecule has 0 aromatic heterocycles. The third kappa shape index (κ3) is 1.15. The minimum absolute atomic E-state index is 0.477. The quantitative estimate of drug-likeness (QED) is 0.593. The van der Waals surface area contributed by atoms with Crippen LogP contribution in [0.15, 0.2) is 0 Å². The highest BCUT2D eigenvalue weighted by molar-refractivity contribution is 5.13. The van der Waals surface area contributed by atoms with Crippen LogP contribution in [-0.4, -0.2) is 5.54 Å². The molecule has 1 aliphatic rings. The Kier molecular flexibility index (Phi) is 1.70. The summed E-state index contributed by atoms with van der Waals surface area (Å²) in [7, 11) is 0. The van der Waals surface area contributed by atoms with Crippen LogP contribution in [0.3, 0.4) is 0 Å². The lowest BCUT2D eigenvalue weighted by molar-refractivity contribution is 0.150. The van der Waals surface area contributed by atoms with E-state index in [4.69, 9.17) is 11.0 Å². The average Bonchev–Trinajstić information content (AvgIpc) is 1.80. The molecular weight excluding hydrogens is 124 g/mol. The first-order valence-corrected chi connectivity index (χ1v) is 3.77. The van der Waals surface area contributed by atoms with E-state index in [0.29, 0.717) is 11.8 Å². The molecule has 1 saturated carbocycles. The maximum absolute atomic E-state index is 8.57. The van der Waals surface area contributed by atoms with Crippen LogP contribution in [0.1, 0.15) is 26.7 Å². The molecule has 0 radical (unpaired) electrons. The van der Waals surface area contributed by atoms with Crippen LogP contribution in [0.25, 0.3) is 0 Å². The van der Waals surface area contributed by atoms with Gasteiger partial charge in [-0.15, -0.1) is 0 Å². The zero-order valence-corrected chi connectivity index (χ0v) is 6.59. The van der Waals surface area contributed by atoms with Crippen LogP contribution in [-0.2, 0) is 0 Å². The molecule has 1 aliphatic carbocycles. The predicted octanol–water partition coefficient (Wildman–Crippen LogP) is 1.27. The molecular formula is C8H14N2. The van der Waals surface area contributed by atoms with Crippen molar-refractivity contribution >= 4 is 0 Å². The lowest BCUT2D eigenvalue weighted by Crippen LogP contribution is -2.51. The molecule has 0 unspecified atom stereocenters. The zero-order chi connectivity index (χ0) is 7.78. The minimum Gasteiger partial charge on any atom is -0.313 e. The normalized spacial score (nSPS) is 38.9. The van der Waals surface area contributed by atoms with Gasteiger partial charge in [-0.05, 0) is 24.7 Å². The van der Waals surface area contributed by atoms with Crippen LogP contribution >= 0.6 is 0 Å². The van der Waals surface area contributed by atoms with Crippen molar-refractivity contribution < 1.29 is 0 Å². The summed E-state index contributed by atoms with van der Waals surface area (Å²) in [4.78, 5) is 0. The molecule has 0 heterocycles. The van der Waals surface area contributed by atoms with Crippen molar-refractivity contribution in [3.05, 3.63) is 0 Å². The van der Waals surface area contributed by atoms with Crippen molar-refractivity contribution in [2.24, 2.45) is 17.6 Å². The van der Waals surface area contributed by atoms with Crippen molar-refractivity contribution in [2.75, 3.05) is 0 Å². The number of nitrogens with zero attached hydrogens (tertiary/aromatic N) is 1. The van der Waals surface area contributed by atoms with Crippen molar-refractivity contribution in [3.8, 4) is 6.07 Å². The van der Waals surface area contributed by atoms with Gasteiger partial charge in [0.15, 0.2) is 0 Å². The summed E-state index contributed by atoms with van der Waals surface area (Å²) in [5, 5.41) is 8.57. The highest BCUT2D eigenvalue weighted by Crippen LogP contribution is 2.39. The molecule has 2 N–H and O–H groups in total. The molecule has 0 aromatic carbocycles. The molecule has 1 rings (SSSR count). The fourth-order valence-corrected chi connectivity index (χ4v) is 1.44. The van der Waals surface area contributed by atoms with Crippen LogP contribution in [0.2, 0.25) is 0 Å². The Labute approximate surface area is 62.0 Å². The molecule has 56 valence electrons. The first kappa shape index (κ1) is 7.56. The molecule has 0 amide bonds. The molecule has 1 fully saturated rings. The third-order valence-corrected chi connectivity index (χ3v) is 2.42. The Balaban J connectivity index is 2.38. The molecule has 10 heavy (non-hydrogen) atoms. The molecule has 0 saturated heterocycles. The van der Waals surface area contributed by atoms with Crippen LogP contribution < -0.4 is 5.73 Å². The van der Waals surface area contributed by atoms with Gasteiger partial charge in [0.25, 0.3) is 0 Å². The van der Waals surface area contributed by atoms with Gasteiger partial charge in [0.2, 0.25) is 0 Å². The van der Waals surface area contributed by atoms with Crippen molar-refractivity contribution in [3.63, 3.8) is 0 Å². The van der Waals surface area contributed by atoms with E-state index in [-0.39, 0.29) is 0 Å². The summed E-state index contributed by atoms with van der Waals surface area (Å²) in [5.74, 6) is 1.37. The Morgan fingerprint density at radius 3 is 2.40 bits per heavy atom. The first-order valence-electron chi connectivity index (χ1n) is 3.77. The molecule has 0 aliphatic heterocycles. The molecule has 0 bridgehead atoms. The minimum atomic E-state index is -0.477. The smallest absolute Gasteiger partial charge is 0.104 e. The van der Waals surface area contributed by atoms with E-state index in [9.17, 15) is 0 Å². The number of nitriles is 1. The summed E-state index contributed by atoms with van der Waals surface area (Å²) in [5.41, 5.74) is 5.19. The summed E-state index contributed by atoms with van der Waals surface area (Å²) < 4.78 is 0. The van der Waals surface area contributed by atoms with Crippen LogP contribution in [0.4, 0.5) is 0 Å². The van der Waals surface area contributed by atoms with Crippen LogP contribution in [0, 0.1) is 23.2 Å². The van der Waals surface area contributed by atoms with Crippen molar-refractivity contribution in [1.29, 1.82) is 5.26 Å². The van der Waals surface area contributed by atoms with Crippen LogP contribution in [0.5, 0.6) is 0 Å². The van der Waals surface area contributed by atoms with Gasteiger partial charge in [0.1, 0.15) is 5.54 Å². The molecule has 0 atom stereocenters. The van der Waals surface area contributed by atoms with Gasteiger partial charge < -0.3 is 5.73 Å². The third-order valence-electron chi connectivity index (χ3n) is 2.42. The lowest BCUT2D eigenvalue weighted by atomic mass is 9.65. The van der Waals surface area contributed by atoms with E-state index in [1.165, 1.54) is 0 Å². The van der Waals surface area contributed by atoms with E-state index >= 15 is 0 Å². The average molecular weight is 138 g/mol. The largest absolute Gasteiger partial charge is 0.313 e. The number of hydrogen-bond acceptors (Lipinski definition) is 2. The van der Waals surface area contributed by atoms with Gasteiger partial charge in [-0.1, -0.05) is 13.8 Å². The zero-order valence-electron chi connectivity index (χ0n) is 6.59. The molecule has 2 nitrogen and oxygen atoms in total. The molecule has 2 heteroatoms. The van der Waals surface area contributed by atoms with Crippen molar-refractivity contribution in [2.45, 2.75) is 32.2 Å². The Morgan fingerprint density at radius 1 is 1.60 bits per heavy atom. The van der Waals surface area contributed by atoms with Gasteiger partial charge in [0, 0.05) is 0 Å². The maximum Gasteiger partial charge on any atom is 0.104 e. The second-order valence-corrected chi connectivity index (χ2v) is 3.68. The molecule has 0 spiro atoms. The topological polar surface area (TPSA) is 49.8 Å². The van der Waals surface area contributed by atoms with Gasteiger partial charge in [-0.2, -0.15) is 5.26 Å². The standard InChI is InChI=1S/C8H14N2/c1-6(2)7-3-8(10,4-7)5-9/h6-7H,3-4,10H2,1-2H3. The Hall–Kier alpha value is -0.550. The van der Waals surface area contributed by atoms with E-state index < -0.39 is 5.54 Å². The SMILES string of the molecule is CC(C)C1CC(N)(C#N)C1. The number of nitrogens with two attached hydrogens (primary N) is 1. The fourth-order valence-electron chi connectivity index (χ4n) is 1.44. The second-order valence-electron chi connectivity index (χ2n) is 3.68. The monoisotopic (exact) mass is 138 g/mol. The van der Waals surface area contributed by atoms with Gasteiger partial charge in [0.05, 0.1) is 6.07 Å². The van der Waals surface area contributed by atoms with E-state index in [2.05, 4.69) is 19.9 Å². The Bertz CT molecular complexity index is 161. The van der Waals surface area contributed by atoms with Gasteiger partial charge in [-0.25, -0.2) is 0 Å². The fraction of sp³-hybridized carbons (Fsp3) is 0.875. The first-order chi connectivity index (χ1) is 4.57. The highest BCUT2D eigenvalue weighted by Gasteiger charge is 2.42. The number of hydrogen-bond donors (Lipinski definition) is 1. The maximum atomic E-state index is 8.57. The molecule has 0 aromatic rings. The summed E-state index contributed by atoms with van der Waals surface area (Å²) >= 11 is 0. The predicted molar refractivity (Wildman–Crippen MR) is 40.1 cm³/mol. The van der Waals surface area contributed by atoms with Gasteiger partial charge in [-0.3, -0.25) is 0 Å².